The van der Waals surface area contributed by atoms with Crippen LogP contribution in [0.5, 0.6) is 0 Å². The van der Waals surface area contributed by atoms with E-state index in [1.165, 1.54) is 27.7 Å². The number of primary amides is 1. The van der Waals surface area contributed by atoms with E-state index in [0.717, 1.165) is 20.8 Å². The molecule has 0 aromatic rings. The summed E-state index contributed by atoms with van der Waals surface area (Å²) in [6, 6.07) is -23.1. The molecule has 0 aromatic carbocycles. The lowest BCUT2D eigenvalue weighted by molar-refractivity contribution is -0.143. The van der Waals surface area contributed by atoms with Gasteiger partial charge in [0, 0.05) is 12.3 Å². The number of aliphatic carboxylic acids is 1. The number of carbonyl (C=O) groups is 16. The number of hydrogen-bond acceptors (Lipinski definition) is 28. The Kier molecular flexibility index (Phi) is 49.1. The third kappa shape index (κ3) is 37.9. The minimum atomic E-state index is -1.95. The molecule has 0 saturated carbocycles. The summed E-state index contributed by atoms with van der Waals surface area (Å²) < 4.78 is 0. The second-order valence-electron chi connectivity index (χ2n) is 26.6. The minimum absolute atomic E-state index is 0.0884. The number of hydrogen-bond donors (Lipinski definition) is 30. The Morgan fingerprint density at radius 1 is 0.364 bits per heavy atom. The van der Waals surface area contributed by atoms with Crippen molar-refractivity contribution in [3.63, 3.8) is 0 Å². The molecule has 0 saturated heterocycles. The minimum Gasteiger partial charge on any atom is -0.480 e. The van der Waals surface area contributed by atoms with Gasteiger partial charge in [-0.3, -0.25) is 77.3 Å². The van der Waals surface area contributed by atoms with Crippen LogP contribution in [0.15, 0.2) is 0 Å². The van der Waals surface area contributed by atoms with Crippen LogP contribution >= 0.6 is 12.6 Å². The molecule has 0 rings (SSSR count). The quantitative estimate of drug-likeness (QED) is 0.0116. The van der Waals surface area contributed by atoms with Crippen LogP contribution in [-0.4, -0.2) is 297 Å². The molecule has 45 nitrogen and oxygen atoms in total. The molecule has 17 atom stereocenters. The predicted molar refractivity (Wildman–Crippen MR) is 395 cm³/mol. The van der Waals surface area contributed by atoms with Gasteiger partial charge in [0.15, 0.2) is 5.96 Å². The number of carboxylic acids is 1. The first-order valence-corrected chi connectivity index (χ1v) is 36.4. The Morgan fingerprint density at radius 2 is 0.673 bits per heavy atom. The van der Waals surface area contributed by atoms with E-state index in [1.54, 1.807) is 0 Å². The first kappa shape index (κ1) is 101. The molecule has 0 heterocycles. The maximum atomic E-state index is 14.3. The Balaban J connectivity index is 6.72. The van der Waals surface area contributed by atoms with E-state index in [1.807, 2.05) is 0 Å². The van der Waals surface area contributed by atoms with Gasteiger partial charge >= 0.3 is 5.97 Å². The Bertz CT molecular complexity index is 3050. The molecule has 35 N–H and O–H groups in total. The molecule has 0 aliphatic rings. The van der Waals surface area contributed by atoms with E-state index in [2.05, 4.69) is 92.4 Å². The lowest BCUT2D eigenvalue weighted by Gasteiger charge is -2.30. The average molecular weight is 1600 g/mol. The van der Waals surface area contributed by atoms with Gasteiger partial charge in [-0.15, -0.1) is 0 Å². The summed E-state index contributed by atoms with van der Waals surface area (Å²) >= 11 is 3.96. The van der Waals surface area contributed by atoms with E-state index in [9.17, 15) is 107 Å². The van der Waals surface area contributed by atoms with Crippen molar-refractivity contribution in [2.45, 2.75) is 228 Å². The second kappa shape index (κ2) is 53.6. The zero-order chi connectivity index (χ0) is 84.2. The van der Waals surface area contributed by atoms with Gasteiger partial charge in [0.1, 0.15) is 84.6 Å². The largest absolute Gasteiger partial charge is 0.480 e. The summed E-state index contributed by atoms with van der Waals surface area (Å²) in [5, 5.41) is 113. The number of aliphatic hydroxyl groups excluding tert-OH is 6. The van der Waals surface area contributed by atoms with Gasteiger partial charge < -0.3 is 150 Å². The molecule has 110 heavy (non-hydrogen) atoms. The first-order chi connectivity index (χ1) is 51.6. The third-order valence-corrected chi connectivity index (χ3v) is 16.8. The standard InChI is InChI=1S/C64H118N22O23S/c1-29(2)45(82-52(97)35(15-8-11-19-65)75-55(100)39(23-43(69)93)74-44(94)24-73-51(96)40(26-88)79-56(101)41(27-89)80-57(102)42(28-110)81-50(95)34(68)25-87)58(103)76-37(17-10-13-21-67)54(99)84-49(33(7)92)62(107)86-47(31(5)90)60(105)77-36(16-9-12-20-66)53(98)83-46(30(3)4)59(104)85-48(32(6)91)61(106)78-38(63(108)109)18-14-22-72-64(70)71/h29-42,45-49,87-92,110H,8-28,65-68H2,1-7H3,(H2,69,93)(H,73,96)(H,74,94)(H,75,100)(H,76,103)(H,77,105)(H,78,106)(H,79,101)(H,80,102)(H,81,95)(H,82,97)(H,83,98)(H,84,99)(H,85,104)(H,86,107)(H,108,109)(H4,70,71,72)/t31-,32-,33-,34+,35+,36+,37+,38+,39+,40+,41+,42+,45+,46+,47+,48+,49+/m1/s1. The van der Waals surface area contributed by atoms with Crippen LogP contribution in [0.25, 0.3) is 0 Å². The molecule has 0 spiro atoms. The number of nitrogens with one attached hydrogen (secondary N) is 16. The highest BCUT2D eigenvalue weighted by Crippen LogP contribution is 2.13. The van der Waals surface area contributed by atoms with Crippen LogP contribution < -0.4 is 114 Å². The molecule has 0 aliphatic heterocycles. The van der Waals surface area contributed by atoms with Crippen molar-refractivity contribution in [3.05, 3.63) is 0 Å². The number of aliphatic hydroxyl groups is 6. The number of unbranched alkanes of at least 4 members (excludes halogenated alkanes) is 3. The zero-order valence-electron chi connectivity index (χ0n) is 62.9. The number of nitrogens with two attached hydrogens (primary N) is 6. The van der Waals surface area contributed by atoms with E-state index in [-0.39, 0.29) is 89.3 Å². The SMILES string of the molecule is CC(C)[C@H](NC(=O)[C@H](CCCCN)NC(=O)[C@H](CC(N)=O)NC(=O)CNC(=O)[C@H](CO)NC(=O)[C@H](CO)NC(=O)[C@H](CS)NC(=O)[C@@H](N)CO)C(=O)N[C@@H](CCCCN)C(=O)N[C@H](C(=O)N[C@H](C(=O)N[C@@H](CCCCN)C(=O)N[C@H](C(=O)N[C@H](C(=O)N[C@@H](CCCNC(=N)N)C(=O)O)[C@@H](C)O)C(C)C)[C@@H](C)O)[C@@H](C)O. The summed E-state index contributed by atoms with van der Waals surface area (Å²) in [6.07, 6.45) is -5.15. The third-order valence-electron chi connectivity index (χ3n) is 16.5. The molecule has 15 amide bonds. The van der Waals surface area contributed by atoms with Gasteiger partial charge in [0.2, 0.25) is 88.6 Å². The summed E-state index contributed by atoms with van der Waals surface area (Å²) in [4.78, 5) is 215. The van der Waals surface area contributed by atoms with E-state index in [4.69, 9.17) is 44.9 Å². The van der Waals surface area contributed by atoms with E-state index >= 15 is 0 Å². The zero-order valence-corrected chi connectivity index (χ0v) is 63.8. The summed E-state index contributed by atoms with van der Waals surface area (Å²) in [5.41, 5.74) is 33.3. The molecule has 0 aliphatic carbocycles. The fourth-order valence-electron chi connectivity index (χ4n) is 10.1. The van der Waals surface area contributed by atoms with Gasteiger partial charge in [-0.25, -0.2) is 4.79 Å². The number of amides is 15. The molecule has 46 heteroatoms. The van der Waals surface area contributed by atoms with Crippen molar-refractivity contribution in [2.24, 2.45) is 46.2 Å². The van der Waals surface area contributed by atoms with Gasteiger partial charge in [-0.05, 0) is 123 Å². The second-order valence-corrected chi connectivity index (χ2v) is 27.0. The van der Waals surface area contributed by atoms with Gasteiger partial charge in [0.25, 0.3) is 0 Å². The maximum Gasteiger partial charge on any atom is 0.326 e. The van der Waals surface area contributed by atoms with Crippen molar-refractivity contribution in [2.75, 3.05) is 58.3 Å². The lowest BCUT2D eigenvalue weighted by Crippen LogP contribution is -2.64. The van der Waals surface area contributed by atoms with Crippen molar-refractivity contribution in [3.8, 4) is 0 Å². The fourth-order valence-corrected chi connectivity index (χ4v) is 10.4. The molecule has 0 fully saturated rings. The van der Waals surface area contributed by atoms with Crippen molar-refractivity contribution < 1.29 is 112 Å². The van der Waals surface area contributed by atoms with Crippen LogP contribution in [0.2, 0.25) is 0 Å². The maximum absolute atomic E-state index is 14.3. The molecule has 0 radical (unpaired) electrons. The van der Waals surface area contributed by atoms with Crippen LogP contribution in [0.4, 0.5) is 0 Å². The van der Waals surface area contributed by atoms with E-state index < -0.39 is 242 Å². The number of thiol groups is 1. The number of rotatable bonds is 56. The summed E-state index contributed by atoms with van der Waals surface area (Å²) in [7, 11) is 0. The Morgan fingerprint density at radius 3 is 1.03 bits per heavy atom. The number of carbonyl (C=O) groups excluding carboxylic acids is 15. The molecule has 0 bridgehead atoms. The van der Waals surface area contributed by atoms with Crippen LogP contribution in [-0.2, 0) is 76.7 Å². The lowest BCUT2D eigenvalue weighted by atomic mass is 10.00. The Hall–Kier alpha value is -9.26. The molecule has 0 unspecified atom stereocenters. The van der Waals surface area contributed by atoms with Crippen molar-refractivity contribution in [1.82, 2.24) is 79.8 Å². The molecular weight excluding hydrogens is 1480 g/mol. The van der Waals surface area contributed by atoms with Crippen LogP contribution in [0, 0.1) is 17.2 Å². The van der Waals surface area contributed by atoms with Gasteiger partial charge in [0.05, 0.1) is 51.1 Å². The number of carboxylic acid groups (broad SMARTS) is 1. The fraction of sp³-hybridized carbons (Fsp3) is 0.734. The van der Waals surface area contributed by atoms with E-state index in [0.29, 0.717) is 19.3 Å². The van der Waals surface area contributed by atoms with Crippen molar-refractivity contribution >= 4 is 113 Å². The smallest absolute Gasteiger partial charge is 0.326 e. The molecule has 0 aromatic heterocycles. The highest BCUT2D eigenvalue weighted by molar-refractivity contribution is 7.80. The van der Waals surface area contributed by atoms with Gasteiger partial charge in [-0.2, -0.15) is 12.6 Å². The average Bonchev–Trinajstić information content (AvgIpc) is 0.847. The first-order valence-electron chi connectivity index (χ1n) is 35.8. The Labute approximate surface area is 641 Å². The van der Waals surface area contributed by atoms with Crippen molar-refractivity contribution in [1.29, 1.82) is 5.41 Å². The summed E-state index contributed by atoms with van der Waals surface area (Å²) in [5.74, 6) is -20.4. The summed E-state index contributed by atoms with van der Waals surface area (Å²) in [6.45, 7) is 5.82. The molecule has 628 valence electrons. The van der Waals surface area contributed by atoms with Crippen LogP contribution in [0.1, 0.15) is 126 Å². The van der Waals surface area contributed by atoms with Crippen LogP contribution in [0.3, 0.4) is 0 Å². The highest BCUT2D eigenvalue weighted by atomic mass is 32.1. The topological polar surface area (TPSA) is 775 Å². The monoisotopic (exact) mass is 1590 g/mol. The highest BCUT2D eigenvalue weighted by Gasteiger charge is 2.40. The predicted octanol–water partition coefficient (Wildman–Crippen LogP) is -13.3. The number of guanidine groups is 1. The van der Waals surface area contributed by atoms with Gasteiger partial charge in [-0.1, -0.05) is 27.7 Å². The molecular formula is C64H118N22O23S. The normalized spacial score (nSPS) is 15.9.